The number of allylic oxidation sites excluding steroid dienone is 2. The first-order valence-electron chi connectivity index (χ1n) is 8.08. The van der Waals surface area contributed by atoms with Crippen LogP contribution in [0.15, 0.2) is 12.2 Å². The van der Waals surface area contributed by atoms with Gasteiger partial charge in [-0.25, -0.2) is 0 Å². The van der Waals surface area contributed by atoms with Crippen LogP contribution in [0.4, 0.5) is 0 Å². The molecule has 0 N–H and O–H groups in total. The van der Waals surface area contributed by atoms with Gasteiger partial charge in [0.05, 0.1) is 0 Å². The maximum Gasteiger partial charge on any atom is 0.158 e. The van der Waals surface area contributed by atoms with Crippen molar-refractivity contribution in [2.24, 2.45) is 11.8 Å². The van der Waals surface area contributed by atoms with Gasteiger partial charge in [0.2, 0.25) is 0 Å². The number of rotatable bonds is 0. The van der Waals surface area contributed by atoms with Gasteiger partial charge in [-0.05, 0) is 37.7 Å². The highest BCUT2D eigenvalue weighted by Crippen LogP contribution is 2.43. The Bertz CT molecular complexity index is 279. The number of hydrogen-bond donors (Lipinski definition) is 0. The zero-order valence-electron chi connectivity index (χ0n) is 11.7. The highest BCUT2D eigenvalue weighted by molar-refractivity contribution is 5.93. The lowest BCUT2D eigenvalue weighted by atomic mass is 10.0. The molecule has 0 aromatic carbocycles. The summed E-state index contributed by atoms with van der Waals surface area (Å²) in [5.74, 6) is 1.54. The van der Waals surface area contributed by atoms with Crippen LogP contribution in [0.3, 0.4) is 0 Å². The van der Waals surface area contributed by atoms with Crippen LogP contribution in [0.5, 0.6) is 0 Å². The number of carbonyl (C=O) groups excluding carboxylic acids is 1. The minimum absolute atomic E-state index is 0.397. The van der Waals surface area contributed by atoms with Gasteiger partial charge in [-0.3, -0.25) is 4.79 Å². The van der Waals surface area contributed by atoms with Gasteiger partial charge >= 0.3 is 0 Å². The van der Waals surface area contributed by atoms with Gasteiger partial charge in [-0.1, -0.05) is 57.4 Å². The predicted molar refractivity (Wildman–Crippen MR) is 76.5 cm³/mol. The molecule has 2 rings (SSSR count). The smallest absolute Gasteiger partial charge is 0.158 e. The second kappa shape index (κ2) is 7.76. The minimum Gasteiger partial charge on any atom is -0.295 e. The summed E-state index contributed by atoms with van der Waals surface area (Å²) in [6.45, 7) is 0. The SMILES string of the molecule is O=C1/C=C\CCCCCCCCCCC[C@H]2C[C@H]12. The van der Waals surface area contributed by atoms with Crippen LogP contribution in [0, 0.1) is 11.8 Å². The molecular formula is C17H28O. The van der Waals surface area contributed by atoms with Crippen molar-refractivity contribution < 1.29 is 4.79 Å². The van der Waals surface area contributed by atoms with Crippen molar-refractivity contribution in [2.75, 3.05) is 0 Å². The molecule has 0 aromatic heterocycles. The Morgan fingerprint density at radius 2 is 1.44 bits per heavy atom. The first-order valence-corrected chi connectivity index (χ1v) is 8.08. The average Bonchev–Trinajstić information content (AvgIpc) is 3.13. The van der Waals surface area contributed by atoms with Crippen molar-refractivity contribution in [2.45, 2.75) is 77.0 Å². The van der Waals surface area contributed by atoms with E-state index in [1.54, 1.807) is 0 Å². The molecule has 2 atom stereocenters. The molecule has 0 spiro atoms. The Labute approximate surface area is 112 Å². The second-order valence-electron chi connectivity index (χ2n) is 6.17. The molecule has 0 radical (unpaired) electrons. The highest BCUT2D eigenvalue weighted by atomic mass is 16.1. The lowest BCUT2D eigenvalue weighted by Crippen LogP contribution is -1.98. The molecule has 0 bridgehead atoms. The van der Waals surface area contributed by atoms with E-state index in [0.717, 1.165) is 12.3 Å². The standard InChI is InChI=1S/C17H28O/c18-17-13-11-9-7-5-3-1-2-4-6-8-10-12-15-14-16(15)17/h11,13,15-16H,1-10,12,14H2/b13-11-/t15-,16-/m0/s1. The molecular weight excluding hydrogens is 220 g/mol. The third-order valence-electron chi connectivity index (χ3n) is 4.52. The van der Waals surface area contributed by atoms with E-state index in [-0.39, 0.29) is 0 Å². The van der Waals surface area contributed by atoms with Crippen LogP contribution in [-0.2, 0) is 4.79 Å². The lowest BCUT2D eigenvalue weighted by Gasteiger charge is -2.03. The molecule has 1 saturated carbocycles. The maximum absolute atomic E-state index is 11.9. The van der Waals surface area contributed by atoms with Gasteiger partial charge in [0, 0.05) is 5.92 Å². The van der Waals surface area contributed by atoms with Crippen molar-refractivity contribution in [3.8, 4) is 0 Å². The minimum atomic E-state index is 0.397. The molecule has 0 heterocycles. The number of hydrogen-bond acceptors (Lipinski definition) is 1. The Morgan fingerprint density at radius 3 is 2.17 bits per heavy atom. The third-order valence-corrected chi connectivity index (χ3v) is 4.52. The Hall–Kier alpha value is -0.590. The fraction of sp³-hybridized carbons (Fsp3) is 0.824. The van der Waals surface area contributed by atoms with E-state index in [1.807, 2.05) is 6.08 Å². The van der Waals surface area contributed by atoms with Gasteiger partial charge in [0.25, 0.3) is 0 Å². The first kappa shape index (κ1) is 13.8. The summed E-state index contributed by atoms with van der Waals surface area (Å²) in [4.78, 5) is 11.9. The molecule has 1 fully saturated rings. The fourth-order valence-corrected chi connectivity index (χ4v) is 3.14. The molecule has 0 amide bonds. The second-order valence-corrected chi connectivity index (χ2v) is 6.17. The molecule has 102 valence electrons. The van der Waals surface area contributed by atoms with E-state index < -0.39 is 0 Å². The van der Waals surface area contributed by atoms with Crippen LogP contribution in [0.2, 0.25) is 0 Å². The molecule has 0 aromatic rings. The van der Waals surface area contributed by atoms with Crippen LogP contribution in [0.1, 0.15) is 77.0 Å². The van der Waals surface area contributed by atoms with E-state index >= 15 is 0 Å². The van der Waals surface area contributed by atoms with Crippen LogP contribution < -0.4 is 0 Å². The normalized spacial score (nSPS) is 33.7. The summed E-state index contributed by atoms with van der Waals surface area (Å²) in [5, 5.41) is 0. The Kier molecular flexibility index (Phi) is 5.96. The number of carbonyl (C=O) groups is 1. The summed E-state index contributed by atoms with van der Waals surface area (Å²) in [6.07, 6.45) is 19.9. The van der Waals surface area contributed by atoms with Crippen molar-refractivity contribution in [3.63, 3.8) is 0 Å². The molecule has 0 unspecified atom stereocenters. The van der Waals surface area contributed by atoms with Gasteiger partial charge in [-0.2, -0.15) is 0 Å². The maximum atomic E-state index is 11.9. The van der Waals surface area contributed by atoms with E-state index in [9.17, 15) is 4.79 Å². The molecule has 0 saturated heterocycles. The van der Waals surface area contributed by atoms with Gasteiger partial charge in [-0.15, -0.1) is 0 Å². The Balaban J connectivity index is 1.73. The summed E-state index contributed by atoms with van der Waals surface area (Å²) >= 11 is 0. The van der Waals surface area contributed by atoms with Gasteiger partial charge in [0.15, 0.2) is 5.78 Å². The number of fused-ring (bicyclic) bond motifs is 1. The molecule has 1 heteroatoms. The largest absolute Gasteiger partial charge is 0.295 e. The predicted octanol–water partition coefficient (Wildman–Crippen LogP) is 5.05. The Morgan fingerprint density at radius 1 is 0.833 bits per heavy atom. The number of ketones is 1. The van der Waals surface area contributed by atoms with E-state index in [4.69, 9.17) is 0 Å². The van der Waals surface area contributed by atoms with E-state index in [2.05, 4.69) is 6.08 Å². The summed E-state index contributed by atoms with van der Waals surface area (Å²) in [5.41, 5.74) is 0. The van der Waals surface area contributed by atoms with Crippen molar-refractivity contribution in [1.82, 2.24) is 0 Å². The fourth-order valence-electron chi connectivity index (χ4n) is 3.14. The lowest BCUT2D eigenvalue weighted by molar-refractivity contribution is -0.116. The third kappa shape index (κ3) is 4.96. The summed E-state index contributed by atoms with van der Waals surface area (Å²) in [7, 11) is 0. The van der Waals surface area contributed by atoms with Crippen molar-refractivity contribution in [1.29, 1.82) is 0 Å². The molecule has 2 aliphatic carbocycles. The van der Waals surface area contributed by atoms with Crippen LogP contribution in [0.25, 0.3) is 0 Å². The monoisotopic (exact) mass is 248 g/mol. The highest BCUT2D eigenvalue weighted by Gasteiger charge is 2.40. The van der Waals surface area contributed by atoms with Crippen molar-refractivity contribution in [3.05, 3.63) is 12.2 Å². The topological polar surface area (TPSA) is 17.1 Å². The first-order chi connectivity index (χ1) is 8.88. The van der Waals surface area contributed by atoms with Gasteiger partial charge < -0.3 is 0 Å². The van der Waals surface area contributed by atoms with E-state index in [1.165, 1.54) is 70.6 Å². The average molecular weight is 248 g/mol. The zero-order valence-corrected chi connectivity index (χ0v) is 11.7. The van der Waals surface area contributed by atoms with Crippen LogP contribution >= 0.6 is 0 Å². The quantitative estimate of drug-likeness (QED) is 0.586. The molecule has 2 aliphatic rings. The van der Waals surface area contributed by atoms with Crippen molar-refractivity contribution >= 4 is 5.78 Å². The molecule has 1 nitrogen and oxygen atoms in total. The van der Waals surface area contributed by atoms with Gasteiger partial charge in [0.1, 0.15) is 0 Å². The zero-order chi connectivity index (χ0) is 12.6. The molecule has 0 aliphatic heterocycles. The van der Waals surface area contributed by atoms with Crippen LogP contribution in [-0.4, -0.2) is 5.78 Å². The summed E-state index contributed by atoms with van der Waals surface area (Å²) in [6, 6.07) is 0. The van der Waals surface area contributed by atoms with E-state index in [0.29, 0.717) is 11.7 Å². The summed E-state index contributed by atoms with van der Waals surface area (Å²) < 4.78 is 0. The molecule has 18 heavy (non-hydrogen) atoms.